The summed E-state index contributed by atoms with van der Waals surface area (Å²) < 4.78 is 0. The van der Waals surface area contributed by atoms with Crippen LogP contribution in [0.1, 0.15) is 0 Å². The van der Waals surface area contributed by atoms with Crippen molar-refractivity contribution in [2.75, 3.05) is 6.61 Å². The second-order valence-electron chi connectivity index (χ2n) is 2.36. The average molecular weight is 181 g/mol. The number of aldehydes is 1. The highest BCUT2D eigenvalue weighted by Gasteiger charge is 2.29. The number of aliphatic hydroxyl groups excluding tert-OH is 5. The predicted molar refractivity (Wildman–Crippen MR) is 37.2 cm³/mol. The van der Waals surface area contributed by atoms with Gasteiger partial charge in [-0.15, -0.1) is 0 Å². The molecule has 0 bridgehead atoms. The quantitative estimate of drug-likeness (QED) is 0.223. The van der Waals surface area contributed by atoms with Crippen molar-refractivity contribution in [3.05, 3.63) is 0 Å². The first-order valence-electron chi connectivity index (χ1n) is 3.33. The van der Waals surface area contributed by atoms with Gasteiger partial charge in [0.2, 0.25) is 0 Å². The number of carbonyl (C=O) groups is 1. The Hall–Kier alpha value is -0.530. The maximum Gasteiger partial charge on any atom is 0.151 e. The van der Waals surface area contributed by atoms with Gasteiger partial charge in [0, 0.05) is 0 Å². The summed E-state index contributed by atoms with van der Waals surface area (Å²) in [5.41, 5.74) is 0. The smallest absolute Gasteiger partial charge is 0.151 e. The van der Waals surface area contributed by atoms with E-state index in [0.29, 0.717) is 0 Å². The van der Waals surface area contributed by atoms with E-state index in [-0.39, 0.29) is 6.29 Å². The van der Waals surface area contributed by atoms with Crippen molar-refractivity contribution in [2.24, 2.45) is 0 Å². The molecule has 0 radical (unpaired) electrons. The van der Waals surface area contributed by atoms with Crippen LogP contribution >= 0.6 is 0 Å². The van der Waals surface area contributed by atoms with E-state index < -0.39 is 31.0 Å². The lowest BCUT2D eigenvalue weighted by Crippen LogP contribution is -2.46. The van der Waals surface area contributed by atoms with E-state index in [1.807, 2.05) is 0 Å². The Bertz CT molecular complexity index is 138. The molecule has 0 saturated heterocycles. The lowest BCUT2D eigenvalue weighted by atomic mass is 10.1. The van der Waals surface area contributed by atoms with Crippen LogP contribution in [0.5, 0.6) is 0 Å². The summed E-state index contributed by atoms with van der Waals surface area (Å²) in [4.78, 5) is 9.90. The molecule has 6 heteroatoms. The molecule has 0 aliphatic carbocycles. The van der Waals surface area contributed by atoms with Crippen LogP contribution in [0.15, 0.2) is 0 Å². The summed E-state index contributed by atoms with van der Waals surface area (Å²) >= 11 is 0. The molecule has 0 rings (SSSR count). The first-order chi connectivity index (χ1) is 5.54. The van der Waals surface area contributed by atoms with Crippen LogP contribution in [0.4, 0.5) is 0 Å². The van der Waals surface area contributed by atoms with Gasteiger partial charge in [-0.05, 0) is 0 Å². The zero-order valence-corrected chi connectivity index (χ0v) is 6.24. The van der Waals surface area contributed by atoms with E-state index in [1.54, 1.807) is 0 Å². The van der Waals surface area contributed by atoms with Crippen LogP contribution in [0.25, 0.3) is 0 Å². The van der Waals surface area contributed by atoms with Crippen molar-refractivity contribution in [1.29, 1.82) is 0 Å². The zero-order valence-electron chi connectivity index (χ0n) is 6.24. The molecule has 0 saturated carbocycles. The van der Waals surface area contributed by atoms with E-state index >= 15 is 0 Å². The molecule has 0 aliphatic rings. The van der Waals surface area contributed by atoms with Gasteiger partial charge in [-0.1, -0.05) is 0 Å². The Morgan fingerprint density at radius 3 is 1.92 bits per heavy atom. The maximum atomic E-state index is 9.90. The van der Waals surface area contributed by atoms with Gasteiger partial charge in [-0.25, -0.2) is 0 Å². The van der Waals surface area contributed by atoms with Crippen LogP contribution < -0.4 is 0 Å². The fourth-order valence-corrected chi connectivity index (χ4v) is 0.618. The van der Waals surface area contributed by atoms with Gasteiger partial charge < -0.3 is 30.3 Å². The number of hydrogen-bond acceptors (Lipinski definition) is 6. The fraction of sp³-hybridized carbons (Fsp3) is 0.833. The highest BCUT2D eigenvalue weighted by atomic mass is 16.4. The monoisotopic (exact) mass is 181 g/mol. The first-order valence-corrected chi connectivity index (χ1v) is 3.33. The summed E-state index contributed by atoms with van der Waals surface area (Å²) in [6.45, 7) is -0.760. The van der Waals surface area contributed by atoms with Crippen LogP contribution in [0, 0.1) is 0 Å². The van der Waals surface area contributed by atoms with Crippen molar-refractivity contribution in [1.82, 2.24) is 0 Å². The summed E-state index contributed by atoms with van der Waals surface area (Å²) in [5, 5.41) is 43.5. The molecular weight excluding hydrogens is 169 g/mol. The second kappa shape index (κ2) is 5.18. The molecule has 0 amide bonds. The van der Waals surface area contributed by atoms with Crippen molar-refractivity contribution < 1.29 is 30.3 Å². The molecule has 72 valence electrons. The minimum absolute atomic E-state index is 0.0258. The number of hydrogen-bond donors (Lipinski definition) is 5. The highest BCUT2D eigenvalue weighted by Crippen LogP contribution is 2.02. The number of carbonyl (C=O) groups excluding carboxylic acids is 1. The summed E-state index contributed by atoms with van der Waals surface area (Å²) in [7, 11) is 0. The third-order valence-electron chi connectivity index (χ3n) is 1.42. The van der Waals surface area contributed by atoms with Gasteiger partial charge in [0.15, 0.2) is 6.29 Å². The molecule has 0 aliphatic heterocycles. The molecule has 0 spiro atoms. The van der Waals surface area contributed by atoms with Gasteiger partial charge in [-0.3, -0.25) is 0 Å². The topological polar surface area (TPSA) is 118 Å². The Labute approximate surface area is 68.7 Å². The summed E-state index contributed by atoms with van der Waals surface area (Å²) in [6.07, 6.45) is -6.84. The molecular formula is C6H12O6. The number of aliphatic hydroxyl groups is 5. The maximum absolute atomic E-state index is 9.90. The standard InChI is InChI=1S/C6H12O6/c7-1-3(9)5(11)6(12)4(10)2-8/h1,3-6,8-12H,2H2/t3-,4-,5-,6-/m1/s1/i1+1. The molecule has 6 nitrogen and oxygen atoms in total. The van der Waals surface area contributed by atoms with Crippen LogP contribution in [-0.4, -0.2) is 62.8 Å². The molecule has 0 aromatic heterocycles. The molecule has 0 fully saturated rings. The highest BCUT2D eigenvalue weighted by molar-refractivity contribution is 5.56. The third-order valence-corrected chi connectivity index (χ3v) is 1.42. The van der Waals surface area contributed by atoms with Crippen molar-refractivity contribution >= 4 is 6.29 Å². The third kappa shape index (κ3) is 2.84. The van der Waals surface area contributed by atoms with Gasteiger partial charge in [0.25, 0.3) is 0 Å². The predicted octanol–water partition coefficient (Wildman–Crippen LogP) is -3.38. The first kappa shape index (κ1) is 11.5. The Morgan fingerprint density at radius 2 is 1.58 bits per heavy atom. The second-order valence-corrected chi connectivity index (χ2v) is 2.36. The molecule has 0 aromatic rings. The van der Waals surface area contributed by atoms with Gasteiger partial charge >= 0.3 is 0 Å². The minimum atomic E-state index is -1.79. The molecule has 5 N–H and O–H groups in total. The largest absolute Gasteiger partial charge is 0.394 e. The van der Waals surface area contributed by atoms with Gasteiger partial charge in [0.05, 0.1) is 6.61 Å². The Kier molecular flexibility index (Phi) is 4.95. The van der Waals surface area contributed by atoms with E-state index in [9.17, 15) is 4.79 Å². The van der Waals surface area contributed by atoms with Crippen molar-refractivity contribution in [3.8, 4) is 0 Å². The van der Waals surface area contributed by atoms with Crippen LogP contribution in [0.3, 0.4) is 0 Å². The normalized spacial score (nSPS) is 21.1. The van der Waals surface area contributed by atoms with E-state index in [0.717, 1.165) is 0 Å². The lowest BCUT2D eigenvalue weighted by Gasteiger charge is -2.22. The summed E-state index contributed by atoms with van der Waals surface area (Å²) in [6, 6.07) is 0. The minimum Gasteiger partial charge on any atom is -0.394 e. The van der Waals surface area contributed by atoms with Crippen LogP contribution in [0.2, 0.25) is 0 Å². The van der Waals surface area contributed by atoms with E-state index in [4.69, 9.17) is 25.5 Å². The molecule has 12 heavy (non-hydrogen) atoms. The zero-order chi connectivity index (χ0) is 9.72. The fourth-order valence-electron chi connectivity index (χ4n) is 0.618. The van der Waals surface area contributed by atoms with E-state index in [1.165, 1.54) is 0 Å². The van der Waals surface area contributed by atoms with Crippen LogP contribution in [-0.2, 0) is 4.79 Å². The SMILES string of the molecule is O=[13CH][C@@H](O)[C@@H](O)[C@H](O)[C@H](O)CO. The Balaban J connectivity index is 4.07. The number of rotatable bonds is 5. The molecule has 0 heterocycles. The summed E-state index contributed by atoms with van der Waals surface area (Å²) in [5.74, 6) is 0. The van der Waals surface area contributed by atoms with E-state index in [2.05, 4.69) is 0 Å². The van der Waals surface area contributed by atoms with Crippen molar-refractivity contribution in [3.63, 3.8) is 0 Å². The van der Waals surface area contributed by atoms with Crippen molar-refractivity contribution in [2.45, 2.75) is 24.4 Å². The molecule has 0 aromatic carbocycles. The molecule has 4 atom stereocenters. The average Bonchev–Trinajstić information content (AvgIpc) is 2.12. The van der Waals surface area contributed by atoms with Gasteiger partial charge in [-0.2, -0.15) is 0 Å². The Morgan fingerprint density at radius 1 is 1.08 bits per heavy atom. The lowest BCUT2D eigenvalue weighted by molar-refractivity contribution is -0.136. The van der Waals surface area contributed by atoms with Gasteiger partial charge in [0.1, 0.15) is 24.4 Å². The molecule has 0 unspecified atom stereocenters.